The molecule has 1 aliphatic heterocycles. The third-order valence-corrected chi connectivity index (χ3v) is 4.08. The average Bonchev–Trinajstić information content (AvgIpc) is 2.56. The van der Waals surface area contributed by atoms with E-state index >= 15 is 0 Å². The van der Waals surface area contributed by atoms with Gasteiger partial charge in [0.2, 0.25) is 5.95 Å². The highest BCUT2D eigenvalue weighted by Crippen LogP contribution is 2.26. The maximum absolute atomic E-state index is 13.1. The number of piperazine rings is 1. The standard InChI is InChI=1S/C16H20FN5.3ClH.H2O/c1-16(18,12-2-4-14(17)5-3-12)13-10-20-15(21-11-13)22-8-6-19-7-9-22;;;;/h2-5,10-11,19H,6-9,18H2,1H3;3*1H;1H2. The highest BCUT2D eigenvalue weighted by Gasteiger charge is 2.25. The van der Waals surface area contributed by atoms with Crippen LogP contribution in [0.2, 0.25) is 0 Å². The Bertz CT molecular complexity index is 637. The van der Waals surface area contributed by atoms with Gasteiger partial charge in [-0.05, 0) is 24.6 Å². The lowest BCUT2D eigenvalue weighted by Crippen LogP contribution is -2.44. The molecule has 10 heteroatoms. The van der Waals surface area contributed by atoms with Crippen molar-refractivity contribution in [3.63, 3.8) is 0 Å². The maximum atomic E-state index is 13.1. The van der Waals surface area contributed by atoms with Gasteiger partial charge in [0, 0.05) is 44.1 Å². The van der Waals surface area contributed by atoms with E-state index in [4.69, 9.17) is 5.73 Å². The molecular weight excluding hydrogens is 404 g/mol. The van der Waals surface area contributed by atoms with E-state index in [0.717, 1.165) is 43.3 Å². The lowest BCUT2D eigenvalue weighted by atomic mass is 9.87. The van der Waals surface area contributed by atoms with Crippen LogP contribution in [0.25, 0.3) is 0 Å². The second-order valence-corrected chi connectivity index (χ2v) is 5.72. The quantitative estimate of drug-likeness (QED) is 0.775. The molecule has 5 N–H and O–H groups in total. The summed E-state index contributed by atoms with van der Waals surface area (Å²) >= 11 is 0. The van der Waals surface area contributed by atoms with Crippen molar-refractivity contribution < 1.29 is 9.87 Å². The monoisotopic (exact) mass is 427 g/mol. The van der Waals surface area contributed by atoms with Crippen molar-refractivity contribution in [2.24, 2.45) is 5.73 Å². The molecule has 0 aliphatic carbocycles. The van der Waals surface area contributed by atoms with Crippen LogP contribution in [0, 0.1) is 5.82 Å². The first-order valence-corrected chi connectivity index (χ1v) is 7.40. The summed E-state index contributed by atoms with van der Waals surface area (Å²) in [5, 5.41) is 3.30. The fourth-order valence-electron chi connectivity index (χ4n) is 2.58. The third kappa shape index (κ3) is 5.90. The van der Waals surface area contributed by atoms with Crippen molar-refractivity contribution in [3.05, 3.63) is 53.6 Å². The van der Waals surface area contributed by atoms with E-state index in [-0.39, 0.29) is 48.5 Å². The molecule has 1 aliphatic rings. The lowest BCUT2D eigenvalue weighted by molar-refractivity contribution is 0.572. The van der Waals surface area contributed by atoms with Crippen molar-refractivity contribution >= 4 is 43.2 Å². The molecule has 0 amide bonds. The number of nitrogens with two attached hydrogens (primary N) is 1. The SMILES string of the molecule is CC(N)(c1ccc(F)cc1)c1cnc(N2CCNCC2)nc1.Cl.Cl.Cl.O. The van der Waals surface area contributed by atoms with Gasteiger partial charge in [0.15, 0.2) is 0 Å². The minimum Gasteiger partial charge on any atom is -0.412 e. The molecule has 148 valence electrons. The average molecular weight is 429 g/mol. The van der Waals surface area contributed by atoms with E-state index in [0.29, 0.717) is 0 Å². The number of aromatic nitrogens is 2. The highest BCUT2D eigenvalue weighted by molar-refractivity contribution is 5.86. The number of nitrogens with zero attached hydrogens (tertiary/aromatic N) is 3. The summed E-state index contributed by atoms with van der Waals surface area (Å²) in [6.07, 6.45) is 3.52. The van der Waals surface area contributed by atoms with Crippen LogP contribution >= 0.6 is 37.2 Å². The molecule has 26 heavy (non-hydrogen) atoms. The Kier molecular flexibility index (Phi) is 11.9. The molecule has 0 bridgehead atoms. The Morgan fingerprint density at radius 1 is 1.00 bits per heavy atom. The Hall–Kier alpha value is -1.22. The largest absolute Gasteiger partial charge is 0.412 e. The first-order chi connectivity index (χ1) is 10.6. The summed E-state index contributed by atoms with van der Waals surface area (Å²) in [5.41, 5.74) is 7.29. The number of nitrogens with one attached hydrogen (secondary N) is 1. The smallest absolute Gasteiger partial charge is 0.225 e. The lowest BCUT2D eigenvalue weighted by Gasteiger charge is -2.29. The molecule has 2 aromatic rings. The van der Waals surface area contributed by atoms with Crippen LogP contribution in [-0.2, 0) is 5.54 Å². The van der Waals surface area contributed by atoms with Gasteiger partial charge in [0.05, 0.1) is 5.54 Å². The van der Waals surface area contributed by atoms with Crippen molar-refractivity contribution in [2.45, 2.75) is 12.5 Å². The zero-order chi connectivity index (χ0) is 15.6. The number of rotatable bonds is 3. The predicted molar refractivity (Wildman–Crippen MR) is 110 cm³/mol. The molecule has 1 aromatic carbocycles. The molecule has 1 fully saturated rings. The van der Waals surface area contributed by atoms with Crippen molar-refractivity contribution in [1.82, 2.24) is 15.3 Å². The van der Waals surface area contributed by atoms with Gasteiger partial charge >= 0.3 is 0 Å². The molecule has 0 saturated carbocycles. The second-order valence-electron chi connectivity index (χ2n) is 5.72. The van der Waals surface area contributed by atoms with Crippen LogP contribution in [-0.4, -0.2) is 41.6 Å². The van der Waals surface area contributed by atoms with Gasteiger partial charge in [-0.1, -0.05) is 12.1 Å². The van der Waals surface area contributed by atoms with E-state index in [1.807, 2.05) is 6.92 Å². The number of benzene rings is 1. The van der Waals surface area contributed by atoms with Crippen molar-refractivity contribution in [1.29, 1.82) is 0 Å². The third-order valence-electron chi connectivity index (χ3n) is 4.08. The fraction of sp³-hybridized carbons (Fsp3) is 0.375. The number of hydrogen-bond donors (Lipinski definition) is 2. The van der Waals surface area contributed by atoms with Crippen LogP contribution in [0.1, 0.15) is 18.1 Å². The zero-order valence-electron chi connectivity index (χ0n) is 14.3. The fourth-order valence-corrected chi connectivity index (χ4v) is 2.58. The Balaban J connectivity index is 0. The molecule has 2 heterocycles. The molecule has 6 nitrogen and oxygen atoms in total. The second kappa shape index (κ2) is 11.5. The van der Waals surface area contributed by atoms with Crippen molar-refractivity contribution in [3.8, 4) is 0 Å². The molecular formula is C16H25Cl3FN5O. The van der Waals surface area contributed by atoms with Crippen LogP contribution in [0.4, 0.5) is 10.3 Å². The number of anilines is 1. The van der Waals surface area contributed by atoms with Gasteiger partial charge in [-0.2, -0.15) is 0 Å². The zero-order valence-corrected chi connectivity index (χ0v) is 16.8. The molecule has 1 aromatic heterocycles. The summed E-state index contributed by atoms with van der Waals surface area (Å²) in [6, 6.07) is 6.21. The van der Waals surface area contributed by atoms with Crippen LogP contribution in [0.3, 0.4) is 0 Å². The van der Waals surface area contributed by atoms with Crippen molar-refractivity contribution in [2.75, 3.05) is 31.1 Å². The first-order valence-electron chi connectivity index (χ1n) is 7.40. The van der Waals surface area contributed by atoms with Gasteiger partial charge < -0.3 is 21.4 Å². The number of hydrogen-bond acceptors (Lipinski definition) is 5. The van der Waals surface area contributed by atoms with E-state index < -0.39 is 5.54 Å². The summed E-state index contributed by atoms with van der Waals surface area (Å²) in [7, 11) is 0. The van der Waals surface area contributed by atoms with Crippen LogP contribution < -0.4 is 16.0 Å². The van der Waals surface area contributed by atoms with E-state index in [1.54, 1.807) is 24.5 Å². The minimum atomic E-state index is -0.754. The van der Waals surface area contributed by atoms with Gasteiger partial charge in [-0.15, -0.1) is 37.2 Å². The molecule has 1 atom stereocenters. The minimum absolute atomic E-state index is 0. The summed E-state index contributed by atoms with van der Waals surface area (Å²) < 4.78 is 13.1. The van der Waals surface area contributed by atoms with Gasteiger partial charge in [0.25, 0.3) is 0 Å². The molecule has 1 saturated heterocycles. The van der Waals surface area contributed by atoms with E-state index in [1.165, 1.54) is 12.1 Å². The Labute approximate surface area is 171 Å². The molecule has 0 spiro atoms. The topological polar surface area (TPSA) is 98.6 Å². The summed E-state index contributed by atoms with van der Waals surface area (Å²) in [4.78, 5) is 11.0. The predicted octanol–water partition coefficient (Wildman–Crippen LogP) is 1.69. The molecule has 1 unspecified atom stereocenters. The van der Waals surface area contributed by atoms with E-state index in [2.05, 4.69) is 20.2 Å². The Morgan fingerprint density at radius 2 is 1.50 bits per heavy atom. The summed E-state index contributed by atoms with van der Waals surface area (Å²) in [6.45, 7) is 5.56. The van der Waals surface area contributed by atoms with Crippen LogP contribution in [0.5, 0.6) is 0 Å². The normalized spacial score (nSPS) is 15.3. The van der Waals surface area contributed by atoms with E-state index in [9.17, 15) is 4.39 Å². The first kappa shape index (κ1) is 27.0. The maximum Gasteiger partial charge on any atom is 0.225 e. The number of halogens is 4. The molecule has 3 rings (SSSR count). The van der Waals surface area contributed by atoms with Gasteiger partial charge in [-0.25, -0.2) is 14.4 Å². The van der Waals surface area contributed by atoms with Gasteiger partial charge in [-0.3, -0.25) is 0 Å². The Morgan fingerprint density at radius 3 is 2.00 bits per heavy atom. The summed E-state index contributed by atoms with van der Waals surface area (Å²) in [5.74, 6) is 0.449. The highest BCUT2D eigenvalue weighted by atomic mass is 35.5. The van der Waals surface area contributed by atoms with Crippen LogP contribution in [0.15, 0.2) is 36.7 Å². The molecule has 0 radical (unpaired) electrons. The van der Waals surface area contributed by atoms with Gasteiger partial charge in [0.1, 0.15) is 5.82 Å².